The van der Waals surface area contributed by atoms with Gasteiger partial charge in [0.2, 0.25) is 0 Å². The van der Waals surface area contributed by atoms with Gasteiger partial charge >= 0.3 is 0 Å². The summed E-state index contributed by atoms with van der Waals surface area (Å²) in [5, 5.41) is 4.14. The molecule has 1 heterocycles. The van der Waals surface area contributed by atoms with Crippen molar-refractivity contribution in [1.82, 2.24) is 10.3 Å². The van der Waals surface area contributed by atoms with Crippen LogP contribution >= 0.6 is 0 Å². The number of carbonyl (C=O) groups excluding carboxylic acids is 1. The molecule has 25 heavy (non-hydrogen) atoms. The number of fused-ring (bicyclic) bond motifs is 1. The van der Waals surface area contributed by atoms with Crippen molar-refractivity contribution in [3.63, 3.8) is 0 Å². The van der Waals surface area contributed by atoms with E-state index in [-0.39, 0.29) is 11.3 Å². The van der Waals surface area contributed by atoms with Crippen molar-refractivity contribution in [2.75, 3.05) is 13.7 Å². The molecule has 4 rings (SSSR count). The molecule has 0 spiro atoms. The summed E-state index contributed by atoms with van der Waals surface area (Å²) in [6, 6.07) is 18.2. The summed E-state index contributed by atoms with van der Waals surface area (Å²) < 4.78 is 5.23. The van der Waals surface area contributed by atoms with Gasteiger partial charge in [-0.15, -0.1) is 0 Å². The highest BCUT2D eigenvalue weighted by atomic mass is 16.5. The molecule has 1 fully saturated rings. The number of hydrogen-bond donors (Lipinski definition) is 2. The lowest BCUT2D eigenvalue weighted by Crippen LogP contribution is -2.45. The zero-order chi connectivity index (χ0) is 17.3. The number of H-pyrrole nitrogens is 1. The predicted molar refractivity (Wildman–Crippen MR) is 99.2 cm³/mol. The van der Waals surface area contributed by atoms with E-state index in [9.17, 15) is 4.79 Å². The number of hydrogen-bond acceptors (Lipinski definition) is 2. The van der Waals surface area contributed by atoms with Crippen molar-refractivity contribution in [3.8, 4) is 5.75 Å². The fraction of sp³-hybridized carbons (Fsp3) is 0.286. The monoisotopic (exact) mass is 334 g/mol. The summed E-state index contributed by atoms with van der Waals surface area (Å²) in [7, 11) is 1.64. The zero-order valence-electron chi connectivity index (χ0n) is 14.3. The molecule has 0 aliphatic heterocycles. The van der Waals surface area contributed by atoms with Crippen LogP contribution in [0.5, 0.6) is 5.75 Å². The summed E-state index contributed by atoms with van der Waals surface area (Å²) >= 11 is 0. The molecule has 0 radical (unpaired) electrons. The predicted octanol–water partition coefficient (Wildman–Crippen LogP) is 4.03. The van der Waals surface area contributed by atoms with Crippen LogP contribution in [0.4, 0.5) is 0 Å². The van der Waals surface area contributed by atoms with Gasteiger partial charge in [-0.3, -0.25) is 4.79 Å². The van der Waals surface area contributed by atoms with Gasteiger partial charge in [0.05, 0.1) is 7.11 Å². The van der Waals surface area contributed by atoms with E-state index in [0.717, 1.165) is 29.5 Å². The van der Waals surface area contributed by atoms with Gasteiger partial charge < -0.3 is 15.0 Å². The number of methoxy groups -OCH3 is 1. The molecule has 0 unspecified atom stereocenters. The van der Waals surface area contributed by atoms with Gasteiger partial charge in [-0.1, -0.05) is 36.8 Å². The highest BCUT2D eigenvalue weighted by Gasteiger charge is 2.38. The lowest BCUT2D eigenvalue weighted by Gasteiger charge is -2.42. The minimum Gasteiger partial charge on any atom is -0.497 e. The van der Waals surface area contributed by atoms with E-state index in [1.165, 1.54) is 12.0 Å². The van der Waals surface area contributed by atoms with E-state index in [0.29, 0.717) is 12.2 Å². The van der Waals surface area contributed by atoms with Crippen LogP contribution in [0.15, 0.2) is 54.6 Å². The molecule has 1 amide bonds. The van der Waals surface area contributed by atoms with E-state index < -0.39 is 0 Å². The Morgan fingerprint density at radius 2 is 1.96 bits per heavy atom. The molecule has 0 atom stereocenters. The van der Waals surface area contributed by atoms with E-state index >= 15 is 0 Å². The van der Waals surface area contributed by atoms with Crippen LogP contribution in [-0.2, 0) is 5.41 Å². The molecule has 4 heteroatoms. The van der Waals surface area contributed by atoms with Gasteiger partial charge in [-0.2, -0.15) is 0 Å². The number of carbonyl (C=O) groups is 1. The highest BCUT2D eigenvalue weighted by molar-refractivity contribution is 5.98. The molecule has 0 saturated heterocycles. The minimum atomic E-state index is -0.0580. The van der Waals surface area contributed by atoms with Gasteiger partial charge in [-0.05, 0) is 36.6 Å². The molecule has 0 bridgehead atoms. The molecule has 1 saturated carbocycles. The van der Waals surface area contributed by atoms with Crippen molar-refractivity contribution in [2.45, 2.75) is 24.7 Å². The summed E-state index contributed by atoms with van der Waals surface area (Å²) in [6.45, 7) is 0.675. The molecule has 1 aliphatic carbocycles. The smallest absolute Gasteiger partial charge is 0.267 e. The Kier molecular flexibility index (Phi) is 3.96. The van der Waals surface area contributed by atoms with Crippen LogP contribution in [-0.4, -0.2) is 24.5 Å². The first-order valence-electron chi connectivity index (χ1n) is 8.71. The Balaban J connectivity index is 1.50. The van der Waals surface area contributed by atoms with Crippen molar-refractivity contribution in [2.24, 2.45) is 0 Å². The highest BCUT2D eigenvalue weighted by Crippen LogP contribution is 2.43. The first-order valence-corrected chi connectivity index (χ1v) is 8.71. The third-order valence-electron chi connectivity index (χ3n) is 5.36. The van der Waals surface area contributed by atoms with E-state index in [4.69, 9.17) is 4.74 Å². The maximum atomic E-state index is 12.6. The number of ether oxygens (including phenoxy) is 1. The Hall–Kier alpha value is -2.75. The molecule has 1 aliphatic rings. The Morgan fingerprint density at radius 1 is 1.16 bits per heavy atom. The first-order chi connectivity index (χ1) is 12.2. The second-order valence-electron chi connectivity index (χ2n) is 6.82. The van der Waals surface area contributed by atoms with Gasteiger partial charge in [0.25, 0.3) is 5.91 Å². The largest absolute Gasteiger partial charge is 0.497 e. The van der Waals surface area contributed by atoms with E-state index in [1.54, 1.807) is 7.11 Å². The molecular weight excluding hydrogens is 312 g/mol. The zero-order valence-corrected chi connectivity index (χ0v) is 14.3. The number of amides is 1. The first kappa shape index (κ1) is 15.8. The summed E-state index contributed by atoms with van der Waals surface area (Å²) in [5.74, 6) is 0.719. The molecule has 4 nitrogen and oxygen atoms in total. The minimum absolute atomic E-state index is 0.0580. The Labute approximate surface area is 147 Å². The number of aromatic amines is 1. The molecule has 2 N–H and O–H groups in total. The molecule has 3 aromatic rings. The fourth-order valence-electron chi connectivity index (χ4n) is 3.66. The summed E-state index contributed by atoms with van der Waals surface area (Å²) in [6.07, 6.45) is 3.47. The van der Waals surface area contributed by atoms with Crippen molar-refractivity contribution >= 4 is 16.8 Å². The van der Waals surface area contributed by atoms with Crippen LogP contribution in [0.3, 0.4) is 0 Å². The fourth-order valence-corrected chi connectivity index (χ4v) is 3.66. The number of rotatable bonds is 5. The molecule has 1 aromatic heterocycles. The third-order valence-corrected chi connectivity index (χ3v) is 5.36. The Bertz CT molecular complexity index is 895. The maximum Gasteiger partial charge on any atom is 0.267 e. The van der Waals surface area contributed by atoms with E-state index in [2.05, 4.69) is 34.6 Å². The molecule has 2 aromatic carbocycles. The summed E-state index contributed by atoms with van der Waals surface area (Å²) in [4.78, 5) is 15.8. The number of nitrogens with one attached hydrogen (secondary N) is 2. The normalized spacial score (nSPS) is 15.6. The van der Waals surface area contributed by atoms with Gasteiger partial charge in [0, 0.05) is 28.9 Å². The van der Waals surface area contributed by atoms with Gasteiger partial charge in [0.15, 0.2) is 0 Å². The average molecular weight is 334 g/mol. The summed E-state index contributed by atoms with van der Waals surface area (Å²) in [5.41, 5.74) is 2.91. The van der Waals surface area contributed by atoms with Gasteiger partial charge in [-0.25, -0.2) is 0 Å². The second kappa shape index (κ2) is 6.28. The average Bonchev–Trinajstić information content (AvgIpc) is 3.04. The second-order valence-corrected chi connectivity index (χ2v) is 6.82. The van der Waals surface area contributed by atoms with Crippen LogP contribution < -0.4 is 10.1 Å². The quantitative estimate of drug-likeness (QED) is 0.740. The van der Waals surface area contributed by atoms with Crippen molar-refractivity contribution in [1.29, 1.82) is 0 Å². The van der Waals surface area contributed by atoms with Crippen LogP contribution in [0.1, 0.15) is 35.3 Å². The van der Waals surface area contributed by atoms with E-state index in [1.807, 2.05) is 30.3 Å². The molecule has 128 valence electrons. The topological polar surface area (TPSA) is 54.1 Å². The number of benzene rings is 2. The van der Waals surface area contributed by atoms with Crippen LogP contribution in [0.25, 0.3) is 10.9 Å². The standard InChI is InChI=1S/C21H22N2O2/c1-25-17-9-8-15-12-19(23-18(15)13-17)20(24)22-14-21(10-5-11-21)16-6-3-2-4-7-16/h2-4,6-9,12-13,23H,5,10-11,14H2,1H3,(H,22,24). The van der Waals surface area contributed by atoms with Gasteiger partial charge in [0.1, 0.15) is 11.4 Å². The lowest BCUT2D eigenvalue weighted by molar-refractivity contribution is 0.0923. The molecular formula is C21H22N2O2. The SMILES string of the molecule is COc1ccc2cc(C(=O)NCC3(c4ccccc4)CCC3)[nH]c2c1. The van der Waals surface area contributed by atoms with Crippen molar-refractivity contribution < 1.29 is 9.53 Å². The maximum absolute atomic E-state index is 12.6. The van der Waals surface area contributed by atoms with Crippen molar-refractivity contribution in [3.05, 3.63) is 65.9 Å². The third kappa shape index (κ3) is 2.88. The van der Waals surface area contributed by atoms with Crippen LogP contribution in [0.2, 0.25) is 0 Å². The Morgan fingerprint density at radius 3 is 2.64 bits per heavy atom. The lowest BCUT2D eigenvalue weighted by atomic mass is 9.64. The van der Waals surface area contributed by atoms with Crippen LogP contribution in [0, 0.1) is 0 Å². The number of aromatic nitrogens is 1.